The number of nitrogens with zero attached hydrogens (tertiary/aromatic N) is 1. The summed E-state index contributed by atoms with van der Waals surface area (Å²) >= 11 is 12.1. The Morgan fingerprint density at radius 2 is 1.92 bits per heavy atom. The number of nitrogens with one attached hydrogen (secondary N) is 1. The van der Waals surface area contributed by atoms with E-state index in [1.165, 1.54) is 0 Å². The Kier molecular flexibility index (Phi) is 4.60. The summed E-state index contributed by atoms with van der Waals surface area (Å²) in [6.07, 6.45) is 0. The molecular formula is C18H14Cl2N2O2. The Morgan fingerprint density at radius 3 is 2.62 bits per heavy atom. The fourth-order valence-corrected chi connectivity index (χ4v) is 2.71. The van der Waals surface area contributed by atoms with Crippen molar-refractivity contribution in [3.8, 4) is 11.3 Å². The zero-order valence-corrected chi connectivity index (χ0v) is 14.6. The molecule has 0 aliphatic carbocycles. The molecule has 4 nitrogen and oxygen atoms in total. The van der Waals surface area contributed by atoms with Gasteiger partial charge >= 0.3 is 0 Å². The third kappa shape index (κ3) is 3.30. The first-order valence-corrected chi connectivity index (χ1v) is 8.01. The van der Waals surface area contributed by atoms with E-state index in [0.717, 1.165) is 5.56 Å². The minimum Gasteiger partial charge on any atom is -0.360 e. The van der Waals surface area contributed by atoms with Crippen molar-refractivity contribution in [3.63, 3.8) is 0 Å². The number of hydrogen-bond acceptors (Lipinski definition) is 3. The van der Waals surface area contributed by atoms with Crippen LogP contribution in [0.2, 0.25) is 10.0 Å². The molecule has 0 bridgehead atoms. The number of hydrogen-bond donors (Lipinski definition) is 1. The van der Waals surface area contributed by atoms with Crippen molar-refractivity contribution in [2.24, 2.45) is 0 Å². The molecule has 3 rings (SSSR count). The highest BCUT2D eigenvalue weighted by molar-refractivity contribution is 6.31. The number of anilines is 1. The van der Waals surface area contributed by atoms with Crippen molar-refractivity contribution >= 4 is 34.8 Å². The molecule has 1 N–H and O–H groups in total. The quantitative estimate of drug-likeness (QED) is 0.669. The molecule has 0 saturated carbocycles. The van der Waals surface area contributed by atoms with Gasteiger partial charge < -0.3 is 9.84 Å². The SMILES string of the molecule is Cc1ccc(NC(=O)c2c(-c3cccc(Cl)c3)noc2C)cc1Cl. The van der Waals surface area contributed by atoms with Crippen molar-refractivity contribution in [2.45, 2.75) is 13.8 Å². The van der Waals surface area contributed by atoms with Gasteiger partial charge in [0.2, 0.25) is 0 Å². The van der Waals surface area contributed by atoms with Gasteiger partial charge in [-0.2, -0.15) is 0 Å². The predicted octanol–water partition coefficient (Wildman–Crippen LogP) is 5.52. The molecule has 0 fully saturated rings. The lowest BCUT2D eigenvalue weighted by Crippen LogP contribution is -2.13. The average Bonchev–Trinajstić information content (AvgIpc) is 2.93. The molecule has 1 heterocycles. The second-order valence-electron chi connectivity index (χ2n) is 5.39. The summed E-state index contributed by atoms with van der Waals surface area (Å²) < 4.78 is 5.21. The zero-order valence-electron chi connectivity index (χ0n) is 13.1. The standard InChI is InChI=1S/C18H14Cl2N2O2/c1-10-6-7-14(9-15(10)20)21-18(23)16-11(2)24-22-17(16)12-4-3-5-13(19)8-12/h3-9H,1-2H3,(H,21,23). The third-order valence-corrected chi connectivity index (χ3v) is 4.26. The number of amides is 1. The molecule has 3 aromatic rings. The summed E-state index contributed by atoms with van der Waals surface area (Å²) in [7, 11) is 0. The summed E-state index contributed by atoms with van der Waals surface area (Å²) in [4.78, 5) is 12.7. The van der Waals surface area contributed by atoms with E-state index in [2.05, 4.69) is 10.5 Å². The number of carbonyl (C=O) groups is 1. The van der Waals surface area contributed by atoms with E-state index >= 15 is 0 Å². The molecule has 0 aliphatic rings. The van der Waals surface area contributed by atoms with Gasteiger partial charge in [0.25, 0.3) is 5.91 Å². The minimum atomic E-state index is -0.316. The largest absolute Gasteiger partial charge is 0.360 e. The van der Waals surface area contributed by atoms with Crippen LogP contribution in [-0.4, -0.2) is 11.1 Å². The fourth-order valence-electron chi connectivity index (χ4n) is 2.34. The number of halogens is 2. The topological polar surface area (TPSA) is 55.1 Å². The van der Waals surface area contributed by atoms with Crippen molar-refractivity contribution in [1.29, 1.82) is 0 Å². The van der Waals surface area contributed by atoms with Gasteiger partial charge in [0.05, 0.1) is 0 Å². The second kappa shape index (κ2) is 6.67. The molecule has 24 heavy (non-hydrogen) atoms. The molecule has 0 aliphatic heterocycles. The van der Waals surface area contributed by atoms with Gasteiger partial charge in [0, 0.05) is 21.3 Å². The van der Waals surface area contributed by atoms with Crippen molar-refractivity contribution < 1.29 is 9.32 Å². The molecule has 1 aromatic heterocycles. The summed E-state index contributed by atoms with van der Waals surface area (Å²) in [5.74, 6) is 0.115. The van der Waals surface area contributed by atoms with Crippen molar-refractivity contribution in [1.82, 2.24) is 5.16 Å². The van der Waals surface area contributed by atoms with Gasteiger partial charge in [-0.3, -0.25) is 4.79 Å². The molecular weight excluding hydrogens is 347 g/mol. The maximum absolute atomic E-state index is 12.7. The van der Waals surface area contributed by atoms with E-state index in [1.807, 2.05) is 19.1 Å². The van der Waals surface area contributed by atoms with Crippen LogP contribution >= 0.6 is 23.2 Å². The van der Waals surface area contributed by atoms with Gasteiger partial charge in [-0.1, -0.05) is 46.6 Å². The summed E-state index contributed by atoms with van der Waals surface area (Å²) in [6.45, 7) is 3.59. The Hall–Kier alpha value is -2.30. The van der Waals surface area contributed by atoms with Crippen molar-refractivity contribution in [3.05, 3.63) is 69.4 Å². The first kappa shape index (κ1) is 16.6. The smallest absolute Gasteiger partial charge is 0.261 e. The Bertz CT molecular complexity index is 919. The predicted molar refractivity (Wildman–Crippen MR) is 95.8 cm³/mol. The van der Waals surface area contributed by atoms with Crippen LogP contribution in [0.1, 0.15) is 21.7 Å². The summed E-state index contributed by atoms with van der Waals surface area (Å²) in [5.41, 5.74) is 3.08. The number of aryl methyl sites for hydroxylation is 2. The monoisotopic (exact) mass is 360 g/mol. The maximum Gasteiger partial charge on any atom is 0.261 e. The molecule has 0 spiro atoms. The molecule has 2 aromatic carbocycles. The highest BCUT2D eigenvalue weighted by Crippen LogP contribution is 2.28. The van der Waals surface area contributed by atoms with Crippen LogP contribution in [0.15, 0.2) is 47.0 Å². The van der Waals surface area contributed by atoms with Crippen molar-refractivity contribution in [2.75, 3.05) is 5.32 Å². The first-order valence-electron chi connectivity index (χ1n) is 7.25. The van der Waals surface area contributed by atoms with E-state index < -0.39 is 0 Å². The Morgan fingerprint density at radius 1 is 1.12 bits per heavy atom. The van der Waals surface area contributed by atoms with Crippen LogP contribution in [-0.2, 0) is 0 Å². The first-order chi connectivity index (χ1) is 11.5. The number of benzene rings is 2. The second-order valence-corrected chi connectivity index (χ2v) is 6.23. The number of rotatable bonds is 3. The molecule has 0 radical (unpaired) electrons. The molecule has 1 amide bonds. The fraction of sp³-hybridized carbons (Fsp3) is 0.111. The van der Waals surface area contributed by atoms with E-state index in [-0.39, 0.29) is 5.91 Å². The van der Waals surface area contributed by atoms with Gasteiger partial charge in [-0.15, -0.1) is 0 Å². The Labute approximate surface area is 149 Å². The van der Waals surface area contributed by atoms with Crippen LogP contribution in [0.25, 0.3) is 11.3 Å². The molecule has 0 unspecified atom stereocenters. The van der Waals surface area contributed by atoms with E-state index in [9.17, 15) is 4.79 Å². The highest BCUT2D eigenvalue weighted by Gasteiger charge is 2.22. The van der Waals surface area contributed by atoms with Crippen LogP contribution < -0.4 is 5.32 Å². The van der Waals surface area contributed by atoms with Crippen LogP contribution in [0.5, 0.6) is 0 Å². The summed E-state index contributed by atoms with van der Waals surface area (Å²) in [5, 5.41) is 7.97. The van der Waals surface area contributed by atoms with Crippen LogP contribution in [0.4, 0.5) is 5.69 Å². The van der Waals surface area contributed by atoms with Gasteiger partial charge in [0.1, 0.15) is 17.0 Å². The highest BCUT2D eigenvalue weighted by atomic mass is 35.5. The minimum absolute atomic E-state index is 0.316. The molecule has 0 saturated heterocycles. The average molecular weight is 361 g/mol. The summed E-state index contributed by atoms with van der Waals surface area (Å²) in [6, 6.07) is 12.4. The zero-order chi connectivity index (χ0) is 17.3. The van der Waals surface area contributed by atoms with Gasteiger partial charge in [0.15, 0.2) is 0 Å². The van der Waals surface area contributed by atoms with E-state index in [1.54, 1.807) is 37.3 Å². The lowest BCUT2D eigenvalue weighted by molar-refractivity contribution is 0.102. The van der Waals surface area contributed by atoms with Crippen LogP contribution in [0.3, 0.4) is 0 Å². The molecule has 122 valence electrons. The normalized spacial score (nSPS) is 10.7. The Balaban J connectivity index is 1.95. The molecule has 0 atom stereocenters. The van der Waals surface area contributed by atoms with E-state index in [4.69, 9.17) is 27.7 Å². The number of carbonyl (C=O) groups excluding carboxylic acids is 1. The third-order valence-electron chi connectivity index (χ3n) is 3.62. The van der Waals surface area contributed by atoms with Gasteiger partial charge in [-0.05, 0) is 43.7 Å². The number of aromatic nitrogens is 1. The molecule has 6 heteroatoms. The lowest BCUT2D eigenvalue weighted by atomic mass is 10.1. The lowest BCUT2D eigenvalue weighted by Gasteiger charge is -2.07. The van der Waals surface area contributed by atoms with E-state index in [0.29, 0.717) is 38.3 Å². The van der Waals surface area contributed by atoms with Crippen LogP contribution in [0, 0.1) is 13.8 Å². The maximum atomic E-state index is 12.7. The van der Waals surface area contributed by atoms with Gasteiger partial charge in [-0.25, -0.2) is 0 Å².